The van der Waals surface area contributed by atoms with Crippen LogP contribution in [0.1, 0.15) is 49.8 Å². The zero-order valence-corrected chi connectivity index (χ0v) is 33.5. The average Bonchev–Trinajstić information content (AvgIpc) is 3.71. The van der Waals surface area contributed by atoms with Crippen LogP contribution >= 0.6 is 0 Å². The van der Waals surface area contributed by atoms with Crippen LogP contribution in [0.25, 0.3) is 77.4 Å². The molecular weight excluding hydrogens is 715 g/mol. The van der Waals surface area contributed by atoms with Gasteiger partial charge in [-0.2, -0.15) is 0 Å². The number of rotatable bonds is 7. The summed E-state index contributed by atoms with van der Waals surface area (Å²) in [5, 5.41) is 4.68. The molecular formula is C57H45NO. The quantitative estimate of drug-likeness (QED) is 0.159. The maximum Gasteiger partial charge on any atom is 0.136 e. The number of nitrogens with zero attached hydrogens (tertiary/aromatic N) is 1. The van der Waals surface area contributed by atoms with E-state index in [0.717, 1.165) is 63.7 Å². The Balaban J connectivity index is 1.08. The van der Waals surface area contributed by atoms with Gasteiger partial charge >= 0.3 is 0 Å². The molecule has 1 aliphatic rings. The zero-order chi connectivity index (χ0) is 39.7. The van der Waals surface area contributed by atoms with Gasteiger partial charge in [0.05, 0.1) is 5.70 Å². The highest BCUT2D eigenvalue weighted by molar-refractivity contribution is 6.13. The fraction of sp³-hybridized carbons (Fsp3) is 0.105. The molecule has 2 nitrogen and oxygen atoms in total. The molecule has 284 valence electrons. The van der Waals surface area contributed by atoms with Crippen molar-refractivity contribution in [3.05, 3.63) is 216 Å². The van der Waals surface area contributed by atoms with Crippen LogP contribution in [0.4, 0.5) is 0 Å². The van der Waals surface area contributed by atoms with E-state index in [9.17, 15) is 0 Å². The molecule has 0 fully saturated rings. The van der Waals surface area contributed by atoms with E-state index in [2.05, 4.69) is 208 Å². The van der Waals surface area contributed by atoms with Gasteiger partial charge in [0.15, 0.2) is 0 Å². The van der Waals surface area contributed by atoms with Crippen LogP contribution in [0, 0.1) is 5.92 Å². The third kappa shape index (κ3) is 7.13. The van der Waals surface area contributed by atoms with E-state index in [0.29, 0.717) is 0 Å². The first kappa shape index (κ1) is 36.3. The first-order chi connectivity index (χ1) is 29.1. The van der Waals surface area contributed by atoms with E-state index in [1.165, 1.54) is 60.9 Å². The summed E-state index contributed by atoms with van der Waals surface area (Å²) in [6.45, 7) is 4.63. The Morgan fingerprint density at radius 1 is 0.492 bits per heavy atom. The number of allylic oxidation sites excluding steroid dienone is 3. The second kappa shape index (κ2) is 15.7. The van der Waals surface area contributed by atoms with Crippen LogP contribution in [0.5, 0.6) is 0 Å². The van der Waals surface area contributed by atoms with Gasteiger partial charge in [-0.15, -0.1) is 0 Å². The second-order valence-corrected chi connectivity index (χ2v) is 15.8. The van der Waals surface area contributed by atoms with E-state index in [4.69, 9.17) is 9.41 Å². The van der Waals surface area contributed by atoms with Crippen LogP contribution in [-0.4, -0.2) is 5.71 Å². The predicted molar refractivity (Wildman–Crippen MR) is 251 cm³/mol. The van der Waals surface area contributed by atoms with Crippen LogP contribution in [0.2, 0.25) is 0 Å². The second-order valence-electron chi connectivity index (χ2n) is 15.8. The maximum absolute atomic E-state index is 6.59. The SMILES string of the molecule is CCC1/C=C(c2cccc3oc4ccc(-c5ccc6ccccc6c5)cc4c23)\N=C(\c2ccccc2)CC/C(C)=C/1c1ccc(-c2ccc(-c3ccccc3)cc2)cc1. The highest BCUT2D eigenvalue weighted by atomic mass is 16.3. The van der Waals surface area contributed by atoms with Gasteiger partial charge in [0.2, 0.25) is 0 Å². The van der Waals surface area contributed by atoms with Crippen LogP contribution in [-0.2, 0) is 0 Å². The molecule has 0 aliphatic carbocycles. The molecule has 1 aliphatic heterocycles. The Morgan fingerprint density at radius 2 is 1.07 bits per heavy atom. The highest BCUT2D eigenvalue weighted by Crippen LogP contribution is 2.41. The van der Waals surface area contributed by atoms with Crippen molar-refractivity contribution in [2.24, 2.45) is 10.9 Å². The van der Waals surface area contributed by atoms with Gasteiger partial charge in [-0.05, 0) is 111 Å². The molecule has 59 heavy (non-hydrogen) atoms. The molecule has 2 heterocycles. The minimum Gasteiger partial charge on any atom is -0.456 e. The third-order valence-corrected chi connectivity index (χ3v) is 12.1. The lowest BCUT2D eigenvalue weighted by Gasteiger charge is -2.21. The Hall–Kier alpha value is -7.03. The lowest BCUT2D eigenvalue weighted by Crippen LogP contribution is -2.04. The van der Waals surface area contributed by atoms with Crippen molar-refractivity contribution in [1.82, 2.24) is 0 Å². The summed E-state index contributed by atoms with van der Waals surface area (Å²) in [4.78, 5) is 5.64. The van der Waals surface area contributed by atoms with Gasteiger partial charge in [0.1, 0.15) is 11.2 Å². The number of benzene rings is 8. The van der Waals surface area contributed by atoms with Gasteiger partial charge in [0, 0.05) is 28.0 Å². The van der Waals surface area contributed by atoms with Gasteiger partial charge in [-0.3, -0.25) is 4.99 Å². The number of aliphatic imine (C=N–C) groups is 1. The van der Waals surface area contributed by atoms with Crippen LogP contribution < -0.4 is 0 Å². The maximum atomic E-state index is 6.59. The fourth-order valence-electron chi connectivity index (χ4n) is 8.96. The minimum atomic E-state index is 0.154. The monoisotopic (exact) mass is 759 g/mol. The molecule has 10 rings (SSSR count). The summed E-state index contributed by atoms with van der Waals surface area (Å²) >= 11 is 0. The van der Waals surface area contributed by atoms with Crippen LogP contribution in [0.15, 0.2) is 209 Å². The summed E-state index contributed by atoms with van der Waals surface area (Å²) in [6, 6.07) is 67.7. The number of hydrogen-bond acceptors (Lipinski definition) is 2. The molecule has 0 saturated carbocycles. The summed E-state index contributed by atoms with van der Waals surface area (Å²) in [6.07, 6.45) is 5.15. The van der Waals surface area contributed by atoms with Crippen molar-refractivity contribution in [3.63, 3.8) is 0 Å². The summed E-state index contributed by atoms with van der Waals surface area (Å²) in [5.74, 6) is 0.154. The van der Waals surface area contributed by atoms with Gasteiger partial charge in [0.25, 0.3) is 0 Å². The molecule has 0 bridgehead atoms. The molecule has 1 aromatic heterocycles. The first-order valence-electron chi connectivity index (χ1n) is 20.9. The fourth-order valence-corrected chi connectivity index (χ4v) is 8.96. The molecule has 0 radical (unpaired) electrons. The third-order valence-electron chi connectivity index (χ3n) is 12.1. The first-order valence-corrected chi connectivity index (χ1v) is 20.9. The van der Waals surface area contributed by atoms with Crippen molar-refractivity contribution >= 4 is 49.7 Å². The number of furan rings is 1. The molecule has 0 spiro atoms. The summed E-state index contributed by atoms with van der Waals surface area (Å²) in [7, 11) is 0. The molecule has 0 saturated heterocycles. The van der Waals surface area contributed by atoms with E-state index >= 15 is 0 Å². The topological polar surface area (TPSA) is 25.5 Å². The van der Waals surface area contributed by atoms with Crippen molar-refractivity contribution in [3.8, 4) is 33.4 Å². The molecule has 2 heteroatoms. The minimum absolute atomic E-state index is 0.154. The standard InChI is InChI=1S/C57H45NO/c1-3-39-37-53(50-19-12-20-55-57(50)51-36-49(32-34-54(51)59-55)48-31-28-41-15-10-11-18-47(41)35-48)58-52(45-16-8-5-9-17-45)33-21-38(2)56(39)46-29-26-44(27-30-46)43-24-22-42(23-25-43)40-13-6-4-7-14-40/h4-20,22-32,34-37,39H,3,21,33H2,1-2H3/b53-37-,56-38-,58-52+. The van der Waals surface area contributed by atoms with Crippen molar-refractivity contribution in [2.45, 2.75) is 33.1 Å². The number of hydrogen-bond donors (Lipinski definition) is 0. The Morgan fingerprint density at radius 3 is 1.76 bits per heavy atom. The lowest BCUT2D eigenvalue weighted by molar-refractivity contribution is 0.669. The molecule has 9 aromatic rings. The summed E-state index contributed by atoms with van der Waals surface area (Å²) < 4.78 is 6.59. The molecule has 8 aromatic carbocycles. The normalized spacial score (nSPS) is 17.8. The molecule has 0 N–H and O–H groups in total. The molecule has 1 atom stereocenters. The van der Waals surface area contributed by atoms with E-state index in [1.807, 2.05) is 0 Å². The number of fused-ring (bicyclic) bond motifs is 4. The molecule has 1 unspecified atom stereocenters. The van der Waals surface area contributed by atoms with E-state index in [-0.39, 0.29) is 5.92 Å². The van der Waals surface area contributed by atoms with Gasteiger partial charge in [-0.1, -0.05) is 182 Å². The Bertz CT molecular complexity index is 3050. The van der Waals surface area contributed by atoms with Crippen LogP contribution in [0.3, 0.4) is 0 Å². The Kier molecular flexibility index (Phi) is 9.68. The van der Waals surface area contributed by atoms with Gasteiger partial charge in [-0.25, -0.2) is 0 Å². The predicted octanol–water partition coefficient (Wildman–Crippen LogP) is 15.9. The largest absolute Gasteiger partial charge is 0.456 e. The smallest absolute Gasteiger partial charge is 0.136 e. The van der Waals surface area contributed by atoms with Crippen molar-refractivity contribution in [1.29, 1.82) is 0 Å². The van der Waals surface area contributed by atoms with Crippen molar-refractivity contribution < 1.29 is 4.42 Å². The van der Waals surface area contributed by atoms with Gasteiger partial charge < -0.3 is 4.42 Å². The van der Waals surface area contributed by atoms with E-state index in [1.54, 1.807) is 0 Å². The molecule has 0 amide bonds. The average molecular weight is 760 g/mol. The highest BCUT2D eigenvalue weighted by Gasteiger charge is 2.22. The Labute approximate surface area is 346 Å². The van der Waals surface area contributed by atoms with Crippen molar-refractivity contribution in [2.75, 3.05) is 0 Å². The zero-order valence-electron chi connectivity index (χ0n) is 33.5. The lowest BCUT2D eigenvalue weighted by atomic mass is 9.84. The van der Waals surface area contributed by atoms with E-state index < -0.39 is 0 Å². The summed E-state index contributed by atoms with van der Waals surface area (Å²) in [5.41, 5.74) is 17.4.